The van der Waals surface area contributed by atoms with Crippen LogP contribution in [-0.2, 0) is 20.8 Å². The second-order valence-electron chi connectivity index (χ2n) is 9.76. The zero-order valence-electron chi connectivity index (χ0n) is 21.5. The lowest BCUT2D eigenvalue weighted by Gasteiger charge is -2.43. The minimum Gasteiger partial charge on any atom is -0.497 e. The van der Waals surface area contributed by atoms with Crippen LogP contribution in [0.2, 0.25) is 0 Å². The normalized spacial score (nSPS) is 16.6. The number of piperidine rings is 1. The molecule has 0 aromatic heterocycles. The Kier molecular flexibility index (Phi) is 7.31. The summed E-state index contributed by atoms with van der Waals surface area (Å²) in [4.78, 5) is 45.3. The monoisotopic (exact) mass is 512 g/mol. The van der Waals surface area contributed by atoms with Crippen LogP contribution in [0.25, 0.3) is 0 Å². The molecule has 2 heterocycles. The molecule has 8 nitrogen and oxygen atoms in total. The van der Waals surface area contributed by atoms with Crippen molar-refractivity contribution < 1.29 is 19.1 Å². The lowest BCUT2D eigenvalue weighted by atomic mass is 9.85. The van der Waals surface area contributed by atoms with Crippen molar-refractivity contribution in [3.8, 4) is 5.75 Å². The average Bonchev–Trinajstić information content (AvgIpc) is 3.21. The van der Waals surface area contributed by atoms with E-state index in [0.29, 0.717) is 50.5 Å². The number of para-hydroxylation sites is 1. The standard InChI is InChI=1S/C30H32N4O4/c1-38-26-14-12-24(13-15-26)31-27(35)21-33-22-34(25-10-6-3-7-11-25)30(29(33)37)16-18-32(19-17-30)28(36)20-23-8-4-2-5-9-23/h2-15H,16-22H2,1H3,(H,31,35). The van der Waals surface area contributed by atoms with Gasteiger partial charge in [0.05, 0.1) is 20.2 Å². The van der Waals surface area contributed by atoms with Crippen LogP contribution in [0.3, 0.4) is 0 Å². The molecule has 1 N–H and O–H groups in total. The van der Waals surface area contributed by atoms with Crippen molar-refractivity contribution in [2.24, 2.45) is 0 Å². The van der Waals surface area contributed by atoms with Crippen LogP contribution in [0.5, 0.6) is 5.75 Å². The Hall–Kier alpha value is -4.33. The van der Waals surface area contributed by atoms with Gasteiger partial charge in [-0.25, -0.2) is 0 Å². The average molecular weight is 513 g/mol. The van der Waals surface area contributed by atoms with Gasteiger partial charge in [0.15, 0.2) is 0 Å². The molecule has 0 radical (unpaired) electrons. The number of likely N-dealkylation sites (tertiary alicyclic amines) is 1. The first-order chi connectivity index (χ1) is 18.5. The Labute approximate surface area is 222 Å². The number of hydrogen-bond acceptors (Lipinski definition) is 5. The SMILES string of the molecule is COc1ccc(NC(=O)CN2CN(c3ccccc3)C3(CCN(C(=O)Cc4ccccc4)CC3)C2=O)cc1. The second kappa shape index (κ2) is 11.0. The van der Waals surface area contributed by atoms with Crippen LogP contribution < -0.4 is 15.0 Å². The molecule has 3 aromatic rings. The molecule has 2 saturated heterocycles. The van der Waals surface area contributed by atoms with Gasteiger partial charge in [-0.05, 0) is 54.8 Å². The topological polar surface area (TPSA) is 82.2 Å². The molecular formula is C30H32N4O4. The Morgan fingerprint density at radius 2 is 1.53 bits per heavy atom. The molecule has 3 amide bonds. The first-order valence-corrected chi connectivity index (χ1v) is 12.9. The molecule has 0 bridgehead atoms. The summed E-state index contributed by atoms with van der Waals surface area (Å²) in [5.41, 5.74) is 1.77. The third-order valence-corrected chi connectivity index (χ3v) is 7.43. The van der Waals surface area contributed by atoms with Crippen LogP contribution in [0.1, 0.15) is 18.4 Å². The van der Waals surface area contributed by atoms with E-state index >= 15 is 0 Å². The largest absolute Gasteiger partial charge is 0.497 e. The fourth-order valence-corrected chi connectivity index (χ4v) is 5.38. The molecule has 3 aromatic carbocycles. The number of ether oxygens (including phenoxy) is 1. The van der Waals surface area contributed by atoms with E-state index in [0.717, 1.165) is 11.3 Å². The number of nitrogens with one attached hydrogen (secondary N) is 1. The highest BCUT2D eigenvalue weighted by Crippen LogP contribution is 2.39. The number of methoxy groups -OCH3 is 1. The first kappa shape index (κ1) is 25.3. The summed E-state index contributed by atoms with van der Waals surface area (Å²) in [7, 11) is 1.59. The minimum absolute atomic E-state index is 0.0490. The quantitative estimate of drug-likeness (QED) is 0.524. The molecule has 0 atom stereocenters. The predicted molar refractivity (Wildman–Crippen MR) is 146 cm³/mol. The van der Waals surface area contributed by atoms with Crippen LogP contribution in [0.4, 0.5) is 11.4 Å². The van der Waals surface area contributed by atoms with Gasteiger partial charge < -0.3 is 24.8 Å². The molecule has 196 valence electrons. The van der Waals surface area contributed by atoms with Gasteiger partial charge in [0, 0.05) is 24.5 Å². The van der Waals surface area contributed by atoms with Crippen molar-refractivity contribution in [3.05, 3.63) is 90.5 Å². The Morgan fingerprint density at radius 3 is 2.16 bits per heavy atom. The number of benzene rings is 3. The molecule has 1 spiro atoms. The van der Waals surface area contributed by atoms with Gasteiger partial charge in [0.2, 0.25) is 11.8 Å². The smallest absolute Gasteiger partial charge is 0.250 e. The molecule has 0 unspecified atom stereocenters. The molecule has 0 saturated carbocycles. The Morgan fingerprint density at radius 1 is 0.895 bits per heavy atom. The van der Waals surface area contributed by atoms with E-state index < -0.39 is 5.54 Å². The van der Waals surface area contributed by atoms with E-state index in [-0.39, 0.29) is 24.3 Å². The summed E-state index contributed by atoms with van der Waals surface area (Å²) >= 11 is 0. The molecule has 0 aliphatic carbocycles. The van der Waals surface area contributed by atoms with Gasteiger partial charge in [-0.15, -0.1) is 0 Å². The summed E-state index contributed by atoms with van der Waals surface area (Å²) < 4.78 is 5.17. The molecule has 5 rings (SSSR count). The van der Waals surface area contributed by atoms with E-state index in [2.05, 4.69) is 10.2 Å². The maximum absolute atomic E-state index is 13.9. The van der Waals surface area contributed by atoms with E-state index in [1.165, 1.54) is 0 Å². The van der Waals surface area contributed by atoms with E-state index in [1.807, 2.05) is 65.6 Å². The van der Waals surface area contributed by atoms with Gasteiger partial charge in [0.1, 0.15) is 17.8 Å². The maximum Gasteiger partial charge on any atom is 0.250 e. The van der Waals surface area contributed by atoms with Crippen molar-refractivity contribution in [1.29, 1.82) is 0 Å². The zero-order chi connectivity index (χ0) is 26.5. The zero-order valence-corrected chi connectivity index (χ0v) is 21.5. The number of carbonyl (C=O) groups excluding carboxylic acids is 3. The highest BCUT2D eigenvalue weighted by molar-refractivity contribution is 5.99. The summed E-state index contributed by atoms with van der Waals surface area (Å²) in [6.45, 7) is 1.25. The van der Waals surface area contributed by atoms with Crippen LogP contribution in [0.15, 0.2) is 84.9 Å². The van der Waals surface area contributed by atoms with Gasteiger partial charge in [-0.2, -0.15) is 0 Å². The summed E-state index contributed by atoms with van der Waals surface area (Å²) in [6.07, 6.45) is 1.37. The highest BCUT2D eigenvalue weighted by Gasteiger charge is 2.54. The molecule has 8 heteroatoms. The highest BCUT2D eigenvalue weighted by atomic mass is 16.5. The number of rotatable bonds is 7. The number of carbonyl (C=O) groups is 3. The summed E-state index contributed by atoms with van der Waals surface area (Å²) in [5.74, 6) is 0.440. The molecule has 2 fully saturated rings. The lowest BCUT2D eigenvalue weighted by Crippen LogP contribution is -2.57. The second-order valence-corrected chi connectivity index (χ2v) is 9.76. The van der Waals surface area contributed by atoms with Crippen LogP contribution in [0, 0.1) is 0 Å². The van der Waals surface area contributed by atoms with Gasteiger partial charge in [-0.1, -0.05) is 48.5 Å². The molecular weight excluding hydrogens is 480 g/mol. The van der Waals surface area contributed by atoms with E-state index in [4.69, 9.17) is 4.74 Å². The van der Waals surface area contributed by atoms with E-state index in [1.54, 1.807) is 36.3 Å². The predicted octanol–water partition coefficient (Wildman–Crippen LogP) is 3.54. The Balaban J connectivity index is 1.29. The van der Waals surface area contributed by atoms with E-state index in [9.17, 15) is 14.4 Å². The van der Waals surface area contributed by atoms with Crippen molar-refractivity contribution in [3.63, 3.8) is 0 Å². The maximum atomic E-state index is 13.9. The number of nitrogens with zero attached hydrogens (tertiary/aromatic N) is 3. The van der Waals surface area contributed by atoms with Gasteiger partial charge in [0.25, 0.3) is 5.91 Å². The minimum atomic E-state index is -0.786. The van der Waals surface area contributed by atoms with Crippen molar-refractivity contribution in [2.75, 3.05) is 43.6 Å². The lowest BCUT2D eigenvalue weighted by molar-refractivity contribution is -0.139. The molecule has 38 heavy (non-hydrogen) atoms. The third kappa shape index (κ3) is 5.20. The van der Waals surface area contributed by atoms with Gasteiger partial charge >= 0.3 is 0 Å². The van der Waals surface area contributed by atoms with Crippen molar-refractivity contribution in [1.82, 2.24) is 9.80 Å². The van der Waals surface area contributed by atoms with Crippen LogP contribution in [-0.4, -0.2) is 66.5 Å². The van der Waals surface area contributed by atoms with Crippen molar-refractivity contribution in [2.45, 2.75) is 24.8 Å². The number of amides is 3. The summed E-state index contributed by atoms with van der Waals surface area (Å²) in [5, 5.41) is 2.87. The number of anilines is 2. The third-order valence-electron chi connectivity index (χ3n) is 7.43. The fourth-order valence-electron chi connectivity index (χ4n) is 5.38. The first-order valence-electron chi connectivity index (χ1n) is 12.9. The Bertz CT molecular complexity index is 1270. The molecule has 2 aliphatic heterocycles. The van der Waals surface area contributed by atoms with Crippen LogP contribution >= 0.6 is 0 Å². The molecule has 2 aliphatic rings. The fraction of sp³-hybridized carbons (Fsp3) is 0.300. The number of hydrogen-bond donors (Lipinski definition) is 1. The van der Waals surface area contributed by atoms with Gasteiger partial charge in [-0.3, -0.25) is 14.4 Å². The summed E-state index contributed by atoms with van der Waals surface area (Å²) in [6, 6.07) is 26.6. The van der Waals surface area contributed by atoms with Crippen molar-refractivity contribution >= 4 is 29.1 Å².